The molecule has 0 amide bonds. The van der Waals surface area contributed by atoms with Crippen LogP contribution in [0.25, 0.3) is 0 Å². The van der Waals surface area contributed by atoms with E-state index in [-0.39, 0.29) is 0 Å². The van der Waals surface area contributed by atoms with Crippen LogP contribution in [0, 0.1) is 5.92 Å². The number of hydrogen-bond acceptors (Lipinski definition) is 5. The largest absolute Gasteiger partial charge is 0.468 e. The zero-order valence-corrected chi connectivity index (χ0v) is 12.5. The first kappa shape index (κ1) is 14.1. The lowest BCUT2D eigenvalue weighted by Crippen LogP contribution is -2.35. The number of nitrogens with one attached hydrogen (secondary N) is 1. The normalized spacial score (nSPS) is 19.6. The third kappa shape index (κ3) is 3.82. The van der Waals surface area contributed by atoms with Gasteiger partial charge < -0.3 is 9.73 Å². The van der Waals surface area contributed by atoms with Gasteiger partial charge >= 0.3 is 0 Å². The topological polar surface area (TPSA) is 54.2 Å². The molecule has 1 saturated heterocycles. The summed E-state index contributed by atoms with van der Waals surface area (Å²) in [7, 11) is 1.86. The number of furan rings is 1. The summed E-state index contributed by atoms with van der Waals surface area (Å²) in [4.78, 5) is 2.47. The maximum atomic E-state index is 5.44. The Labute approximate surface area is 125 Å². The van der Waals surface area contributed by atoms with Gasteiger partial charge in [-0.05, 0) is 56.0 Å². The fourth-order valence-corrected chi connectivity index (χ4v) is 2.98. The maximum absolute atomic E-state index is 5.44. The molecular weight excluding hydrogens is 264 g/mol. The average Bonchev–Trinajstić information content (AvgIpc) is 3.01. The first-order chi connectivity index (χ1) is 10.3. The van der Waals surface area contributed by atoms with Gasteiger partial charge in [0, 0.05) is 13.6 Å². The van der Waals surface area contributed by atoms with Crippen molar-refractivity contribution in [3.05, 3.63) is 42.0 Å². The Morgan fingerprint density at radius 1 is 1.33 bits per heavy atom. The number of piperidine rings is 1. The highest BCUT2D eigenvalue weighted by atomic mass is 16.3. The number of nitrogens with zero attached hydrogens (tertiary/aromatic N) is 3. The molecule has 1 fully saturated rings. The van der Waals surface area contributed by atoms with Crippen LogP contribution in [0.15, 0.2) is 34.9 Å². The summed E-state index contributed by atoms with van der Waals surface area (Å²) >= 11 is 0. The van der Waals surface area contributed by atoms with Crippen molar-refractivity contribution in [3.8, 4) is 0 Å². The Balaban J connectivity index is 1.55. The predicted molar refractivity (Wildman–Crippen MR) is 82.0 cm³/mol. The fraction of sp³-hybridized carbons (Fsp3) is 0.500. The van der Waals surface area contributed by atoms with Crippen LogP contribution >= 0.6 is 0 Å². The molecule has 1 aliphatic rings. The summed E-state index contributed by atoms with van der Waals surface area (Å²) in [5.74, 6) is 2.53. The van der Waals surface area contributed by atoms with Gasteiger partial charge in [-0.3, -0.25) is 4.90 Å². The number of aromatic nitrogens is 2. The van der Waals surface area contributed by atoms with Gasteiger partial charge in [0.1, 0.15) is 11.6 Å². The van der Waals surface area contributed by atoms with Crippen LogP contribution in [0.5, 0.6) is 0 Å². The third-order valence-corrected chi connectivity index (χ3v) is 4.04. The van der Waals surface area contributed by atoms with Gasteiger partial charge in [-0.15, -0.1) is 5.10 Å². The van der Waals surface area contributed by atoms with Crippen molar-refractivity contribution in [3.63, 3.8) is 0 Å². The minimum Gasteiger partial charge on any atom is -0.468 e. The van der Waals surface area contributed by atoms with E-state index in [2.05, 4.69) is 26.5 Å². The monoisotopic (exact) mass is 286 g/mol. The molecule has 2 aromatic rings. The quantitative estimate of drug-likeness (QED) is 0.915. The molecule has 21 heavy (non-hydrogen) atoms. The molecule has 5 nitrogen and oxygen atoms in total. The minimum absolute atomic E-state index is 0.656. The summed E-state index contributed by atoms with van der Waals surface area (Å²) in [6.45, 7) is 3.17. The molecule has 0 spiro atoms. The van der Waals surface area contributed by atoms with Crippen molar-refractivity contribution in [2.24, 2.45) is 5.92 Å². The van der Waals surface area contributed by atoms with E-state index in [1.54, 1.807) is 6.26 Å². The van der Waals surface area contributed by atoms with Gasteiger partial charge in [-0.2, -0.15) is 5.10 Å². The number of rotatable bonds is 5. The first-order valence-electron chi connectivity index (χ1n) is 7.58. The van der Waals surface area contributed by atoms with E-state index in [4.69, 9.17) is 4.42 Å². The van der Waals surface area contributed by atoms with Gasteiger partial charge in [-0.25, -0.2) is 0 Å². The summed E-state index contributed by atoms with van der Waals surface area (Å²) in [6, 6.07) is 8.07. The summed E-state index contributed by atoms with van der Waals surface area (Å²) in [5, 5.41) is 11.4. The molecule has 3 heterocycles. The van der Waals surface area contributed by atoms with Crippen molar-refractivity contribution < 1.29 is 4.42 Å². The smallest absolute Gasteiger partial charge is 0.148 e. The van der Waals surface area contributed by atoms with Crippen molar-refractivity contribution in [2.45, 2.75) is 25.8 Å². The van der Waals surface area contributed by atoms with E-state index in [0.29, 0.717) is 5.92 Å². The Hall–Kier alpha value is -1.88. The molecule has 1 aliphatic heterocycles. The summed E-state index contributed by atoms with van der Waals surface area (Å²) in [6.07, 6.45) is 5.26. The zero-order chi connectivity index (χ0) is 14.5. The molecule has 1 unspecified atom stereocenters. The molecule has 3 rings (SSSR count). The lowest BCUT2D eigenvalue weighted by Gasteiger charge is -2.31. The van der Waals surface area contributed by atoms with Crippen LogP contribution in [0.1, 0.15) is 24.3 Å². The highest BCUT2D eigenvalue weighted by Gasteiger charge is 2.21. The Morgan fingerprint density at radius 2 is 2.29 bits per heavy atom. The van der Waals surface area contributed by atoms with Gasteiger partial charge in [0.15, 0.2) is 0 Å². The molecular formula is C16H22N4O. The molecule has 0 aliphatic carbocycles. The Bertz CT molecular complexity index is 538. The minimum atomic E-state index is 0.656. The average molecular weight is 286 g/mol. The van der Waals surface area contributed by atoms with Crippen molar-refractivity contribution >= 4 is 5.82 Å². The van der Waals surface area contributed by atoms with E-state index in [1.807, 2.05) is 25.2 Å². The summed E-state index contributed by atoms with van der Waals surface area (Å²) < 4.78 is 5.44. The predicted octanol–water partition coefficient (Wildman–Crippen LogP) is 2.57. The second-order valence-corrected chi connectivity index (χ2v) is 5.69. The van der Waals surface area contributed by atoms with E-state index in [0.717, 1.165) is 43.3 Å². The second-order valence-electron chi connectivity index (χ2n) is 5.69. The highest BCUT2D eigenvalue weighted by molar-refractivity contribution is 5.31. The van der Waals surface area contributed by atoms with Gasteiger partial charge in [-0.1, -0.05) is 0 Å². The van der Waals surface area contributed by atoms with Crippen LogP contribution in [0.2, 0.25) is 0 Å². The van der Waals surface area contributed by atoms with Crippen LogP contribution < -0.4 is 5.32 Å². The lowest BCUT2D eigenvalue weighted by molar-refractivity contribution is 0.156. The molecule has 0 bridgehead atoms. The molecule has 0 saturated carbocycles. The van der Waals surface area contributed by atoms with Crippen molar-refractivity contribution in [1.82, 2.24) is 15.1 Å². The number of hydrogen-bond donors (Lipinski definition) is 1. The van der Waals surface area contributed by atoms with E-state index >= 15 is 0 Å². The number of anilines is 1. The molecule has 0 aromatic carbocycles. The van der Waals surface area contributed by atoms with Crippen LogP contribution in [-0.2, 0) is 13.0 Å². The molecule has 112 valence electrons. The third-order valence-electron chi connectivity index (χ3n) is 4.04. The Morgan fingerprint density at radius 3 is 3.00 bits per heavy atom. The van der Waals surface area contributed by atoms with E-state index in [1.165, 1.54) is 12.8 Å². The van der Waals surface area contributed by atoms with E-state index in [9.17, 15) is 0 Å². The fourth-order valence-electron chi connectivity index (χ4n) is 2.98. The molecule has 2 aromatic heterocycles. The number of likely N-dealkylation sites (tertiary alicyclic amines) is 1. The summed E-state index contributed by atoms with van der Waals surface area (Å²) in [5.41, 5.74) is 1.08. The lowest BCUT2D eigenvalue weighted by atomic mass is 9.93. The highest BCUT2D eigenvalue weighted by Crippen LogP contribution is 2.21. The SMILES string of the molecule is CNc1ccc(CC2CCCN(Cc3ccco3)C2)nn1. The van der Waals surface area contributed by atoms with Crippen molar-refractivity contribution in [1.29, 1.82) is 0 Å². The molecule has 5 heteroatoms. The van der Waals surface area contributed by atoms with Gasteiger partial charge in [0.25, 0.3) is 0 Å². The Kier molecular flexibility index (Phi) is 4.50. The standard InChI is InChI=1S/C16H22N4O/c1-17-16-7-6-14(18-19-16)10-13-4-2-8-20(11-13)12-15-5-3-9-21-15/h3,5-7,9,13H,2,4,8,10-12H2,1H3,(H,17,19). The van der Waals surface area contributed by atoms with Gasteiger partial charge in [0.2, 0.25) is 0 Å². The van der Waals surface area contributed by atoms with Crippen molar-refractivity contribution in [2.75, 3.05) is 25.5 Å². The molecule has 1 N–H and O–H groups in total. The van der Waals surface area contributed by atoms with Crippen LogP contribution in [-0.4, -0.2) is 35.2 Å². The van der Waals surface area contributed by atoms with Crippen LogP contribution in [0.3, 0.4) is 0 Å². The molecule has 0 radical (unpaired) electrons. The zero-order valence-electron chi connectivity index (χ0n) is 12.5. The second kappa shape index (κ2) is 6.72. The van der Waals surface area contributed by atoms with E-state index < -0.39 is 0 Å². The first-order valence-corrected chi connectivity index (χ1v) is 7.58. The van der Waals surface area contributed by atoms with Crippen LogP contribution in [0.4, 0.5) is 5.82 Å². The maximum Gasteiger partial charge on any atom is 0.148 e. The molecule has 1 atom stereocenters. The van der Waals surface area contributed by atoms with Gasteiger partial charge in [0.05, 0.1) is 18.5 Å².